The van der Waals surface area contributed by atoms with Crippen LogP contribution in [0.5, 0.6) is 5.75 Å². The maximum Gasteiger partial charge on any atom is 0.307 e. The molecule has 1 saturated heterocycles. The molecule has 3 atom stereocenters. The fourth-order valence-corrected chi connectivity index (χ4v) is 3.39. The second kappa shape index (κ2) is 6.74. The van der Waals surface area contributed by atoms with Crippen molar-refractivity contribution in [2.45, 2.75) is 32.2 Å². The van der Waals surface area contributed by atoms with E-state index >= 15 is 0 Å². The van der Waals surface area contributed by atoms with Crippen molar-refractivity contribution < 1.29 is 24.2 Å². The summed E-state index contributed by atoms with van der Waals surface area (Å²) in [5, 5.41) is 11.9. The molecule has 0 unspecified atom stereocenters. The topological polar surface area (TPSA) is 95.9 Å². The Balaban J connectivity index is 1.70. The van der Waals surface area contributed by atoms with Crippen molar-refractivity contribution in [1.82, 2.24) is 4.90 Å². The standard InChI is InChI=1S/C18H22N2O5/c1-10-5-6-15(25-2)13(8-10)19-16(21)14-4-3-7-20(14)17(22)11-9-12(11)18(23)24/h5-6,8,11-12,14H,3-4,7,9H2,1-2H3,(H,19,21)(H,23,24)/t11-,12+,14+/m1/s1. The van der Waals surface area contributed by atoms with Crippen molar-refractivity contribution in [2.24, 2.45) is 11.8 Å². The fraction of sp³-hybridized carbons (Fsp3) is 0.500. The van der Waals surface area contributed by atoms with Crippen LogP contribution >= 0.6 is 0 Å². The van der Waals surface area contributed by atoms with E-state index in [0.717, 1.165) is 12.0 Å². The molecule has 1 saturated carbocycles. The zero-order valence-electron chi connectivity index (χ0n) is 14.3. The number of hydrogen-bond donors (Lipinski definition) is 2. The number of amides is 2. The number of hydrogen-bond acceptors (Lipinski definition) is 4. The molecule has 2 amide bonds. The van der Waals surface area contributed by atoms with Gasteiger partial charge in [0.2, 0.25) is 11.8 Å². The normalized spacial score (nSPS) is 24.7. The molecule has 134 valence electrons. The summed E-state index contributed by atoms with van der Waals surface area (Å²) in [4.78, 5) is 37.7. The first-order valence-corrected chi connectivity index (χ1v) is 8.41. The quantitative estimate of drug-likeness (QED) is 0.845. The number of nitrogens with one attached hydrogen (secondary N) is 1. The highest BCUT2D eigenvalue weighted by molar-refractivity contribution is 6.00. The molecule has 1 aromatic rings. The minimum atomic E-state index is -0.942. The molecule has 2 fully saturated rings. The minimum Gasteiger partial charge on any atom is -0.495 e. The van der Waals surface area contributed by atoms with Crippen LogP contribution in [-0.4, -0.2) is 47.5 Å². The summed E-state index contributed by atoms with van der Waals surface area (Å²) in [5.41, 5.74) is 1.55. The Morgan fingerprint density at radius 3 is 2.68 bits per heavy atom. The maximum atomic E-state index is 12.7. The number of carboxylic acids is 1. The SMILES string of the molecule is COc1ccc(C)cc1NC(=O)[C@@H]1CCCN1C(=O)[C@@H]1C[C@@H]1C(=O)O. The number of carboxylic acid groups (broad SMARTS) is 1. The molecule has 7 heteroatoms. The van der Waals surface area contributed by atoms with Crippen molar-refractivity contribution in [3.8, 4) is 5.75 Å². The largest absolute Gasteiger partial charge is 0.495 e. The zero-order valence-corrected chi connectivity index (χ0v) is 14.3. The van der Waals surface area contributed by atoms with Gasteiger partial charge in [-0.05, 0) is 43.9 Å². The second-order valence-electron chi connectivity index (χ2n) is 6.67. The van der Waals surface area contributed by atoms with Crippen molar-refractivity contribution in [3.63, 3.8) is 0 Å². The molecule has 1 aliphatic carbocycles. The average Bonchev–Trinajstić information content (AvgIpc) is 3.23. The first-order chi connectivity index (χ1) is 11.9. The van der Waals surface area contributed by atoms with Gasteiger partial charge in [-0.3, -0.25) is 14.4 Å². The highest BCUT2D eigenvalue weighted by Gasteiger charge is 2.51. The third kappa shape index (κ3) is 3.45. The number of aryl methyl sites for hydroxylation is 1. The number of carbonyl (C=O) groups excluding carboxylic acids is 2. The summed E-state index contributed by atoms with van der Waals surface area (Å²) in [6, 6.07) is 4.93. The van der Waals surface area contributed by atoms with Crippen LogP contribution in [0.4, 0.5) is 5.69 Å². The van der Waals surface area contributed by atoms with E-state index in [1.807, 2.05) is 19.1 Å². The van der Waals surface area contributed by atoms with Gasteiger partial charge in [0, 0.05) is 6.54 Å². The Bertz CT molecular complexity index is 717. The van der Waals surface area contributed by atoms with E-state index in [1.54, 1.807) is 6.07 Å². The van der Waals surface area contributed by atoms with E-state index in [-0.39, 0.29) is 11.8 Å². The predicted octanol–water partition coefficient (Wildman–Crippen LogP) is 1.65. The second-order valence-corrected chi connectivity index (χ2v) is 6.67. The van der Waals surface area contributed by atoms with Crippen LogP contribution in [0.3, 0.4) is 0 Å². The van der Waals surface area contributed by atoms with E-state index < -0.39 is 23.8 Å². The molecule has 1 aliphatic heterocycles. The summed E-state index contributed by atoms with van der Waals surface area (Å²) in [5.74, 6) is -1.96. The number of anilines is 1. The molecular formula is C18H22N2O5. The number of benzene rings is 1. The Kier molecular flexibility index (Phi) is 4.65. The minimum absolute atomic E-state index is 0.221. The van der Waals surface area contributed by atoms with Crippen LogP contribution < -0.4 is 10.1 Å². The van der Waals surface area contributed by atoms with Gasteiger partial charge in [0.05, 0.1) is 24.6 Å². The van der Waals surface area contributed by atoms with Gasteiger partial charge < -0.3 is 20.1 Å². The lowest BCUT2D eigenvalue weighted by molar-refractivity contribution is -0.143. The van der Waals surface area contributed by atoms with Crippen molar-refractivity contribution >= 4 is 23.5 Å². The summed E-state index contributed by atoms with van der Waals surface area (Å²) in [7, 11) is 1.53. The van der Waals surface area contributed by atoms with Crippen LogP contribution in [0.2, 0.25) is 0 Å². The average molecular weight is 346 g/mol. The Morgan fingerprint density at radius 1 is 1.28 bits per heavy atom. The van der Waals surface area contributed by atoms with Gasteiger partial charge >= 0.3 is 5.97 Å². The van der Waals surface area contributed by atoms with E-state index in [1.165, 1.54) is 12.0 Å². The number of rotatable bonds is 5. The molecule has 0 aromatic heterocycles. The molecule has 0 radical (unpaired) electrons. The first kappa shape index (κ1) is 17.3. The Labute approximate surface area is 146 Å². The molecule has 0 bridgehead atoms. The Morgan fingerprint density at radius 2 is 2.04 bits per heavy atom. The molecule has 1 heterocycles. The molecule has 7 nitrogen and oxygen atoms in total. The number of likely N-dealkylation sites (tertiary alicyclic amines) is 1. The van der Waals surface area contributed by atoms with Gasteiger partial charge in [-0.25, -0.2) is 0 Å². The van der Waals surface area contributed by atoms with Crippen LogP contribution in [0, 0.1) is 18.8 Å². The van der Waals surface area contributed by atoms with Crippen molar-refractivity contribution in [2.75, 3.05) is 19.0 Å². The third-order valence-electron chi connectivity index (χ3n) is 4.88. The molecule has 3 rings (SSSR count). The predicted molar refractivity (Wildman–Crippen MR) is 90.3 cm³/mol. The first-order valence-electron chi connectivity index (χ1n) is 8.41. The summed E-state index contributed by atoms with van der Waals surface area (Å²) in [6.45, 7) is 2.41. The van der Waals surface area contributed by atoms with Crippen LogP contribution in [0.25, 0.3) is 0 Å². The van der Waals surface area contributed by atoms with Crippen molar-refractivity contribution in [3.05, 3.63) is 23.8 Å². The number of methoxy groups -OCH3 is 1. The van der Waals surface area contributed by atoms with E-state index in [9.17, 15) is 14.4 Å². The number of ether oxygens (including phenoxy) is 1. The molecular weight excluding hydrogens is 324 g/mol. The van der Waals surface area contributed by atoms with Crippen molar-refractivity contribution in [1.29, 1.82) is 0 Å². The number of aliphatic carboxylic acids is 1. The molecule has 0 spiro atoms. The van der Waals surface area contributed by atoms with Gasteiger partial charge in [-0.2, -0.15) is 0 Å². The summed E-state index contributed by atoms with van der Waals surface area (Å²) >= 11 is 0. The van der Waals surface area contributed by atoms with E-state index in [2.05, 4.69) is 5.32 Å². The van der Waals surface area contributed by atoms with Crippen LogP contribution in [0.1, 0.15) is 24.8 Å². The lowest BCUT2D eigenvalue weighted by atomic mass is 10.1. The summed E-state index contributed by atoms with van der Waals surface area (Å²) in [6.07, 6.45) is 1.68. The number of carbonyl (C=O) groups is 3. The lowest BCUT2D eigenvalue weighted by Crippen LogP contribution is -2.44. The van der Waals surface area contributed by atoms with Gasteiger partial charge in [-0.15, -0.1) is 0 Å². The van der Waals surface area contributed by atoms with Crippen LogP contribution in [-0.2, 0) is 14.4 Å². The number of nitrogens with zero attached hydrogens (tertiary/aromatic N) is 1. The third-order valence-corrected chi connectivity index (χ3v) is 4.88. The van der Waals surface area contributed by atoms with E-state index in [4.69, 9.17) is 9.84 Å². The smallest absolute Gasteiger partial charge is 0.307 e. The molecule has 25 heavy (non-hydrogen) atoms. The monoisotopic (exact) mass is 346 g/mol. The van der Waals surface area contributed by atoms with Crippen LogP contribution in [0.15, 0.2) is 18.2 Å². The molecule has 2 N–H and O–H groups in total. The zero-order chi connectivity index (χ0) is 18.1. The van der Waals surface area contributed by atoms with E-state index in [0.29, 0.717) is 30.8 Å². The summed E-state index contributed by atoms with van der Waals surface area (Å²) < 4.78 is 5.27. The van der Waals surface area contributed by atoms with Gasteiger partial charge in [-0.1, -0.05) is 6.07 Å². The highest BCUT2D eigenvalue weighted by Crippen LogP contribution is 2.41. The van der Waals surface area contributed by atoms with Gasteiger partial charge in [0.25, 0.3) is 0 Å². The van der Waals surface area contributed by atoms with Gasteiger partial charge in [0.15, 0.2) is 0 Å². The maximum absolute atomic E-state index is 12.7. The lowest BCUT2D eigenvalue weighted by Gasteiger charge is -2.24. The highest BCUT2D eigenvalue weighted by atomic mass is 16.5. The molecule has 2 aliphatic rings. The Hall–Kier alpha value is -2.57. The fourth-order valence-electron chi connectivity index (χ4n) is 3.39. The van der Waals surface area contributed by atoms with Gasteiger partial charge in [0.1, 0.15) is 11.8 Å². The molecule has 1 aromatic carbocycles.